The van der Waals surface area contributed by atoms with Gasteiger partial charge in [-0.05, 0) is 25.3 Å². The van der Waals surface area contributed by atoms with E-state index in [2.05, 4.69) is 17.3 Å². The molecule has 0 unspecified atom stereocenters. The lowest BCUT2D eigenvalue weighted by Crippen LogP contribution is -2.09. The Bertz CT molecular complexity index is 359. The molecule has 0 aliphatic heterocycles. The van der Waals surface area contributed by atoms with Crippen molar-refractivity contribution in [3.05, 3.63) is 18.0 Å². The molecule has 3 nitrogen and oxygen atoms in total. The molecule has 1 aromatic heterocycles. The van der Waals surface area contributed by atoms with Gasteiger partial charge in [-0.15, -0.1) is 0 Å². The van der Waals surface area contributed by atoms with Gasteiger partial charge in [0.15, 0.2) is 5.69 Å². The molecule has 7 heteroatoms. The summed E-state index contributed by atoms with van der Waals surface area (Å²) in [7, 11) is 0. The molecule has 0 amide bonds. The number of alkyl halides is 3. The Labute approximate surface area is 96.4 Å². The molecule has 0 aliphatic rings. The summed E-state index contributed by atoms with van der Waals surface area (Å²) >= 11 is 4.69. The second kappa shape index (κ2) is 5.29. The third-order valence-electron chi connectivity index (χ3n) is 1.99. The van der Waals surface area contributed by atoms with Crippen molar-refractivity contribution in [3.63, 3.8) is 0 Å². The lowest BCUT2D eigenvalue weighted by Gasteiger charge is -2.02. The number of aromatic nitrogens is 2. The molecule has 0 radical (unpaired) electrons. The maximum Gasteiger partial charge on any atom is 0.435 e. The molecule has 0 bridgehead atoms. The van der Waals surface area contributed by atoms with E-state index in [0.29, 0.717) is 24.4 Å². The van der Waals surface area contributed by atoms with Crippen molar-refractivity contribution in [3.8, 4) is 0 Å². The largest absolute Gasteiger partial charge is 0.435 e. The van der Waals surface area contributed by atoms with E-state index in [4.69, 9.17) is 5.73 Å². The SMILES string of the molecule is NC(=S)CCCCn1ccc(C(F)(F)F)n1. The lowest BCUT2D eigenvalue weighted by molar-refractivity contribution is -0.141. The van der Waals surface area contributed by atoms with E-state index < -0.39 is 11.9 Å². The van der Waals surface area contributed by atoms with E-state index in [-0.39, 0.29) is 0 Å². The molecule has 0 spiro atoms. The smallest absolute Gasteiger partial charge is 0.393 e. The van der Waals surface area contributed by atoms with E-state index in [1.807, 2.05) is 0 Å². The van der Waals surface area contributed by atoms with Gasteiger partial charge in [-0.25, -0.2) is 0 Å². The second-order valence-corrected chi connectivity index (χ2v) is 3.91. The van der Waals surface area contributed by atoms with E-state index in [1.165, 1.54) is 10.9 Å². The summed E-state index contributed by atoms with van der Waals surface area (Å²) in [4.78, 5) is 0.427. The number of nitrogens with two attached hydrogens (primary N) is 1. The zero-order valence-electron chi connectivity index (χ0n) is 8.50. The Morgan fingerprint density at radius 2 is 2.12 bits per heavy atom. The van der Waals surface area contributed by atoms with Crippen molar-refractivity contribution in [2.45, 2.75) is 32.0 Å². The predicted octanol–water partition coefficient (Wildman–Crippen LogP) is 2.36. The summed E-state index contributed by atoms with van der Waals surface area (Å²) < 4.78 is 37.8. The van der Waals surface area contributed by atoms with E-state index >= 15 is 0 Å². The molecule has 1 heterocycles. The highest BCUT2D eigenvalue weighted by atomic mass is 32.1. The van der Waals surface area contributed by atoms with Crippen molar-refractivity contribution in [1.29, 1.82) is 0 Å². The van der Waals surface area contributed by atoms with Gasteiger partial charge in [-0.2, -0.15) is 18.3 Å². The number of hydrogen-bond donors (Lipinski definition) is 1. The second-order valence-electron chi connectivity index (χ2n) is 3.39. The van der Waals surface area contributed by atoms with Crippen molar-refractivity contribution >= 4 is 17.2 Å². The monoisotopic (exact) mass is 251 g/mol. The van der Waals surface area contributed by atoms with Crippen LogP contribution in [0.3, 0.4) is 0 Å². The zero-order valence-corrected chi connectivity index (χ0v) is 9.31. The Hall–Kier alpha value is -1.11. The van der Waals surface area contributed by atoms with Crippen LogP contribution in [-0.2, 0) is 12.7 Å². The fourth-order valence-electron chi connectivity index (χ4n) is 1.21. The molecule has 1 rings (SSSR count). The van der Waals surface area contributed by atoms with Gasteiger partial charge in [0.2, 0.25) is 0 Å². The summed E-state index contributed by atoms with van der Waals surface area (Å²) in [6.07, 6.45) is -0.969. The van der Waals surface area contributed by atoms with Crippen LogP contribution in [-0.4, -0.2) is 14.8 Å². The minimum Gasteiger partial charge on any atom is -0.393 e. The highest BCUT2D eigenvalue weighted by molar-refractivity contribution is 7.80. The molecule has 0 atom stereocenters. The highest BCUT2D eigenvalue weighted by Crippen LogP contribution is 2.27. The maximum absolute atomic E-state index is 12.2. The maximum atomic E-state index is 12.2. The summed E-state index contributed by atoms with van der Waals surface area (Å²) in [5, 5.41) is 3.43. The van der Waals surface area contributed by atoms with Crippen molar-refractivity contribution in [2.24, 2.45) is 5.73 Å². The number of aryl methyl sites for hydroxylation is 1. The Balaban J connectivity index is 2.38. The quantitative estimate of drug-likeness (QED) is 0.645. The number of hydrogen-bond acceptors (Lipinski definition) is 2. The fourth-order valence-corrected chi connectivity index (χ4v) is 1.35. The fraction of sp³-hybridized carbons (Fsp3) is 0.556. The summed E-state index contributed by atoms with van der Waals surface area (Å²) in [5.74, 6) is 0. The number of nitrogens with zero attached hydrogens (tertiary/aromatic N) is 2. The minimum absolute atomic E-state index is 0.427. The van der Waals surface area contributed by atoms with Crippen molar-refractivity contribution in [2.75, 3.05) is 0 Å². The van der Waals surface area contributed by atoms with Crippen LogP contribution in [0.4, 0.5) is 13.2 Å². The van der Waals surface area contributed by atoms with Crippen LogP contribution in [0.2, 0.25) is 0 Å². The summed E-state index contributed by atoms with van der Waals surface area (Å²) in [6, 6.07) is 0.966. The average Bonchev–Trinajstić information content (AvgIpc) is 2.59. The van der Waals surface area contributed by atoms with Gasteiger partial charge in [0, 0.05) is 12.7 Å². The van der Waals surface area contributed by atoms with Gasteiger partial charge < -0.3 is 5.73 Å². The first kappa shape index (κ1) is 13.0. The molecule has 0 saturated heterocycles. The molecule has 0 fully saturated rings. The van der Waals surface area contributed by atoms with Gasteiger partial charge in [0.05, 0.1) is 4.99 Å². The Morgan fingerprint density at radius 1 is 1.44 bits per heavy atom. The van der Waals surface area contributed by atoms with Crippen LogP contribution in [0.25, 0.3) is 0 Å². The molecule has 2 N–H and O–H groups in total. The first-order valence-corrected chi connectivity index (χ1v) is 5.19. The number of thiocarbonyl (C=S) groups is 1. The van der Waals surface area contributed by atoms with Crippen LogP contribution in [0.1, 0.15) is 25.0 Å². The topological polar surface area (TPSA) is 43.8 Å². The van der Waals surface area contributed by atoms with Crippen LogP contribution in [0.15, 0.2) is 12.3 Å². The first-order chi connectivity index (χ1) is 7.39. The van der Waals surface area contributed by atoms with E-state index in [9.17, 15) is 13.2 Å². The molecular weight excluding hydrogens is 239 g/mol. The van der Waals surface area contributed by atoms with Crippen molar-refractivity contribution < 1.29 is 13.2 Å². The zero-order chi connectivity index (χ0) is 12.2. The van der Waals surface area contributed by atoms with Gasteiger partial charge in [0.25, 0.3) is 0 Å². The van der Waals surface area contributed by atoms with Gasteiger partial charge in [0.1, 0.15) is 0 Å². The van der Waals surface area contributed by atoms with Crippen LogP contribution in [0, 0.1) is 0 Å². The predicted molar refractivity (Wildman–Crippen MR) is 57.9 cm³/mol. The Kier molecular flexibility index (Phi) is 4.28. The lowest BCUT2D eigenvalue weighted by atomic mass is 10.2. The molecule has 0 aromatic carbocycles. The first-order valence-electron chi connectivity index (χ1n) is 4.78. The molecule has 0 saturated carbocycles. The third-order valence-corrected chi connectivity index (χ3v) is 2.20. The molecule has 90 valence electrons. The molecule has 0 aliphatic carbocycles. The van der Waals surface area contributed by atoms with Gasteiger partial charge >= 0.3 is 6.18 Å². The molecule has 1 aromatic rings. The number of rotatable bonds is 5. The number of unbranched alkanes of at least 4 members (excludes halogenated alkanes) is 1. The third kappa shape index (κ3) is 4.18. The van der Waals surface area contributed by atoms with Gasteiger partial charge in [-0.3, -0.25) is 4.68 Å². The standard InChI is InChI=1S/C9H12F3N3S/c10-9(11,12)7-4-6-15(14-7)5-2-1-3-8(13)16/h4,6H,1-3,5H2,(H2,13,16). The van der Waals surface area contributed by atoms with E-state index in [0.717, 1.165) is 12.5 Å². The Morgan fingerprint density at radius 3 is 2.62 bits per heavy atom. The van der Waals surface area contributed by atoms with Crippen LogP contribution < -0.4 is 5.73 Å². The highest BCUT2D eigenvalue weighted by Gasteiger charge is 2.33. The van der Waals surface area contributed by atoms with Gasteiger partial charge in [-0.1, -0.05) is 12.2 Å². The summed E-state index contributed by atoms with van der Waals surface area (Å²) in [6.45, 7) is 0.443. The normalized spacial score (nSPS) is 11.7. The molecule has 16 heavy (non-hydrogen) atoms. The van der Waals surface area contributed by atoms with Crippen LogP contribution in [0.5, 0.6) is 0 Å². The van der Waals surface area contributed by atoms with E-state index in [1.54, 1.807) is 0 Å². The van der Waals surface area contributed by atoms with Crippen LogP contribution >= 0.6 is 12.2 Å². The van der Waals surface area contributed by atoms with Crippen molar-refractivity contribution in [1.82, 2.24) is 9.78 Å². The minimum atomic E-state index is -4.37. The molecular formula is C9H12F3N3S. The average molecular weight is 251 g/mol. The number of halogens is 3. The summed E-state index contributed by atoms with van der Waals surface area (Å²) in [5.41, 5.74) is 4.43.